The molecule has 3 N–H and O–H groups in total. The number of para-hydroxylation sites is 1. The van der Waals surface area contributed by atoms with E-state index in [9.17, 15) is 4.79 Å². The Morgan fingerprint density at radius 1 is 1.17 bits per heavy atom. The minimum absolute atomic E-state index is 0. The molecular formula is C18H22BrClN2O2. The summed E-state index contributed by atoms with van der Waals surface area (Å²) in [5.74, 6) is 0.455. The summed E-state index contributed by atoms with van der Waals surface area (Å²) in [6.45, 7) is 2.44. The number of rotatable bonds is 7. The number of amides is 1. The fourth-order valence-electron chi connectivity index (χ4n) is 2.08. The number of nitrogens with one attached hydrogen (secondary N) is 1. The molecule has 0 aliphatic carbocycles. The van der Waals surface area contributed by atoms with Gasteiger partial charge in [-0.1, -0.05) is 42.5 Å². The molecule has 0 aromatic heterocycles. The van der Waals surface area contributed by atoms with Crippen LogP contribution in [0.5, 0.6) is 5.75 Å². The normalized spacial score (nSPS) is 12.6. The predicted octanol–water partition coefficient (Wildman–Crippen LogP) is 3.84. The van der Waals surface area contributed by atoms with Crippen LogP contribution in [-0.4, -0.2) is 18.5 Å². The van der Waals surface area contributed by atoms with Crippen LogP contribution in [0.1, 0.15) is 25.0 Å². The van der Waals surface area contributed by atoms with Gasteiger partial charge in [0, 0.05) is 18.2 Å². The summed E-state index contributed by atoms with van der Waals surface area (Å²) in [5.41, 5.74) is 6.53. The summed E-state index contributed by atoms with van der Waals surface area (Å²) in [7, 11) is 0. The minimum Gasteiger partial charge on any atom is -0.475 e. The molecule has 2 aromatic rings. The van der Waals surface area contributed by atoms with Crippen molar-refractivity contribution >= 4 is 34.2 Å². The van der Waals surface area contributed by atoms with Crippen molar-refractivity contribution in [3.63, 3.8) is 0 Å². The zero-order valence-corrected chi connectivity index (χ0v) is 15.8. The molecule has 2 atom stereocenters. The molecule has 0 fully saturated rings. The van der Waals surface area contributed by atoms with Gasteiger partial charge in [-0.3, -0.25) is 4.79 Å². The zero-order chi connectivity index (χ0) is 16.7. The van der Waals surface area contributed by atoms with E-state index in [4.69, 9.17) is 10.5 Å². The molecule has 0 aliphatic rings. The van der Waals surface area contributed by atoms with Crippen LogP contribution in [-0.2, 0) is 4.79 Å². The van der Waals surface area contributed by atoms with Crippen LogP contribution in [0.2, 0.25) is 0 Å². The van der Waals surface area contributed by atoms with Gasteiger partial charge in [-0.05, 0) is 41.4 Å². The monoisotopic (exact) mass is 412 g/mol. The molecule has 1 amide bonds. The number of carbonyl (C=O) groups excluding carboxylic acids is 1. The van der Waals surface area contributed by atoms with Crippen LogP contribution >= 0.6 is 28.3 Å². The van der Waals surface area contributed by atoms with Gasteiger partial charge in [-0.25, -0.2) is 0 Å². The Morgan fingerprint density at radius 2 is 1.79 bits per heavy atom. The lowest BCUT2D eigenvalue weighted by Crippen LogP contribution is -2.35. The molecule has 0 bridgehead atoms. The molecule has 4 nitrogen and oxygen atoms in total. The molecule has 0 saturated carbocycles. The van der Waals surface area contributed by atoms with Crippen molar-refractivity contribution in [1.82, 2.24) is 5.32 Å². The second-order valence-corrected chi connectivity index (χ2v) is 6.25. The van der Waals surface area contributed by atoms with Crippen LogP contribution in [0.15, 0.2) is 59.1 Å². The summed E-state index contributed by atoms with van der Waals surface area (Å²) in [4.78, 5) is 12.5. The maximum atomic E-state index is 12.5. The summed E-state index contributed by atoms with van der Waals surface area (Å²) in [5, 5.41) is 2.89. The molecule has 0 radical (unpaired) electrons. The van der Waals surface area contributed by atoms with Gasteiger partial charge >= 0.3 is 0 Å². The smallest absolute Gasteiger partial charge is 0.265 e. The van der Waals surface area contributed by atoms with Crippen LogP contribution in [0, 0.1) is 0 Å². The first kappa shape index (κ1) is 20.5. The van der Waals surface area contributed by atoms with Gasteiger partial charge in [0.15, 0.2) is 0 Å². The molecule has 130 valence electrons. The highest BCUT2D eigenvalue weighted by Crippen LogP contribution is 2.29. The first-order chi connectivity index (χ1) is 11.1. The van der Waals surface area contributed by atoms with Crippen LogP contribution in [0.4, 0.5) is 0 Å². The number of hydrogen-bond donors (Lipinski definition) is 2. The van der Waals surface area contributed by atoms with E-state index in [2.05, 4.69) is 21.2 Å². The molecular weight excluding hydrogens is 392 g/mol. The molecule has 24 heavy (non-hydrogen) atoms. The third-order valence-electron chi connectivity index (χ3n) is 3.32. The van der Waals surface area contributed by atoms with Gasteiger partial charge < -0.3 is 15.8 Å². The average Bonchev–Trinajstić information content (AvgIpc) is 2.54. The van der Waals surface area contributed by atoms with Crippen molar-refractivity contribution in [3.8, 4) is 5.75 Å². The number of nitrogens with two attached hydrogens (primary N) is 1. The van der Waals surface area contributed by atoms with Crippen molar-refractivity contribution in [1.29, 1.82) is 0 Å². The Kier molecular flexibility index (Phi) is 8.82. The van der Waals surface area contributed by atoms with E-state index >= 15 is 0 Å². The highest BCUT2D eigenvalue weighted by molar-refractivity contribution is 9.10. The van der Waals surface area contributed by atoms with E-state index in [0.29, 0.717) is 12.3 Å². The fraction of sp³-hybridized carbons (Fsp3) is 0.278. The first-order valence-corrected chi connectivity index (χ1v) is 8.36. The van der Waals surface area contributed by atoms with Crippen molar-refractivity contribution in [2.24, 2.45) is 5.73 Å². The van der Waals surface area contributed by atoms with Gasteiger partial charge in [-0.15, -0.1) is 12.4 Å². The van der Waals surface area contributed by atoms with Crippen molar-refractivity contribution in [2.75, 3.05) is 6.54 Å². The second-order valence-electron chi connectivity index (χ2n) is 5.40. The number of ether oxygens (including phenoxy) is 1. The van der Waals surface area contributed by atoms with E-state index in [1.807, 2.05) is 61.5 Å². The molecule has 0 spiro atoms. The Morgan fingerprint density at radius 3 is 2.42 bits per heavy atom. The highest BCUT2D eigenvalue weighted by Gasteiger charge is 2.23. The number of halogens is 2. The largest absolute Gasteiger partial charge is 0.475 e. The summed E-state index contributed by atoms with van der Waals surface area (Å²) >= 11 is 3.44. The molecule has 0 heterocycles. The van der Waals surface area contributed by atoms with E-state index in [0.717, 1.165) is 16.5 Å². The third kappa shape index (κ3) is 6.15. The fourth-order valence-corrected chi connectivity index (χ4v) is 2.46. The van der Waals surface area contributed by atoms with E-state index < -0.39 is 6.10 Å². The maximum Gasteiger partial charge on any atom is 0.265 e. The van der Waals surface area contributed by atoms with Crippen molar-refractivity contribution < 1.29 is 9.53 Å². The van der Waals surface area contributed by atoms with E-state index in [-0.39, 0.29) is 24.4 Å². The Balaban J connectivity index is 0.00000288. The topological polar surface area (TPSA) is 64.3 Å². The van der Waals surface area contributed by atoms with E-state index in [1.165, 1.54) is 0 Å². The molecule has 6 heteroatoms. The maximum absolute atomic E-state index is 12.5. The predicted molar refractivity (Wildman–Crippen MR) is 102 cm³/mol. The van der Waals surface area contributed by atoms with E-state index in [1.54, 1.807) is 0 Å². The molecule has 2 aromatic carbocycles. The quantitative estimate of drug-likeness (QED) is 0.725. The standard InChI is InChI=1S/C18H21BrN2O2.ClH/c1-13(20)11-12-21-18(22)17(14-7-3-2-4-8-14)23-16-10-6-5-9-15(16)19;/h2-10,13,17H,11-12,20H2,1H3,(H,21,22);1H. The Hall–Kier alpha value is -1.56. The van der Waals surface area contributed by atoms with Gasteiger partial charge in [0.1, 0.15) is 5.75 Å². The van der Waals surface area contributed by atoms with Crippen LogP contribution in [0.3, 0.4) is 0 Å². The van der Waals surface area contributed by atoms with Gasteiger partial charge in [0.05, 0.1) is 4.47 Å². The summed E-state index contributed by atoms with van der Waals surface area (Å²) in [6, 6.07) is 17.0. The molecule has 0 saturated heterocycles. The molecule has 2 rings (SSSR count). The Labute approximate surface area is 157 Å². The third-order valence-corrected chi connectivity index (χ3v) is 3.98. The summed E-state index contributed by atoms with van der Waals surface area (Å²) < 4.78 is 6.77. The summed E-state index contributed by atoms with van der Waals surface area (Å²) in [6.07, 6.45) is 0.0189. The minimum atomic E-state index is -0.706. The lowest BCUT2D eigenvalue weighted by atomic mass is 10.1. The van der Waals surface area contributed by atoms with Crippen molar-refractivity contribution in [3.05, 3.63) is 64.6 Å². The SMILES string of the molecule is CC(N)CCNC(=O)C(Oc1ccccc1Br)c1ccccc1.Cl. The Bertz CT molecular complexity index is 638. The van der Waals surface area contributed by atoms with Crippen LogP contribution < -0.4 is 15.8 Å². The van der Waals surface area contributed by atoms with Crippen molar-refractivity contribution in [2.45, 2.75) is 25.5 Å². The molecule has 0 aliphatic heterocycles. The zero-order valence-electron chi connectivity index (χ0n) is 13.4. The lowest BCUT2D eigenvalue weighted by Gasteiger charge is -2.20. The van der Waals surface area contributed by atoms with Gasteiger partial charge in [0.2, 0.25) is 6.10 Å². The van der Waals surface area contributed by atoms with Crippen LogP contribution in [0.25, 0.3) is 0 Å². The number of carbonyl (C=O) groups is 1. The molecule has 2 unspecified atom stereocenters. The highest BCUT2D eigenvalue weighted by atomic mass is 79.9. The van der Waals surface area contributed by atoms with Gasteiger partial charge in [-0.2, -0.15) is 0 Å². The number of hydrogen-bond acceptors (Lipinski definition) is 3. The van der Waals surface area contributed by atoms with Gasteiger partial charge in [0.25, 0.3) is 5.91 Å². The lowest BCUT2D eigenvalue weighted by molar-refractivity contribution is -0.128. The second kappa shape index (κ2) is 10.3. The number of benzene rings is 2. The first-order valence-electron chi connectivity index (χ1n) is 7.57. The average molecular weight is 414 g/mol.